The summed E-state index contributed by atoms with van der Waals surface area (Å²) in [6.07, 6.45) is 4.20. The Hall–Kier alpha value is -0.380. The monoisotopic (exact) mass is 350 g/mol. The van der Waals surface area contributed by atoms with Crippen LogP contribution in [0.2, 0.25) is 0 Å². The number of hydrogen-bond acceptors (Lipinski definition) is 2. The molecule has 2 unspecified atom stereocenters. The molecule has 0 aromatic heterocycles. The molecule has 1 aromatic carbocycles. The second kappa shape index (κ2) is 6.80. The second-order valence-electron chi connectivity index (χ2n) is 7.02. The summed E-state index contributed by atoms with van der Waals surface area (Å²) in [5.74, 6) is 0.722. The molecule has 1 aromatic rings. The molecule has 116 valence electrons. The van der Waals surface area contributed by atoms with Crippen molar-refractivity contribution in [3.8, 4) is 0 Å². The number of nitrogens with zero attached hydrogens (tertiary/aromatic N) is 2. The quantitative estimate of drug-likeness (QED) is 0.807. The zero-order chi connectivity index (χ0) is 14.8. The Labute approximate surface area is 137 Å². The van der Waals surface area contributed by atoms with E-state index in [1.165, 1.54) is 48.9 Å². The Kier molecular flexibility index (Phi) is 5.03. The Bertz CT molecular complexity index is 474. The molecule has 2 nitrogen and oxygen atoms in total. The molecule has 2 fully saturated rings. The Morgan fingerprint density at radius 2 is 2.10 bits per heavy atom. The van der Waals surface area contributed by atoms with Crippen LogP contribution in [-0.4, -0.2) is 41.5 Å². The molecule has 0 bridgehead atoms. The molecule has 2 heterocycles. The first-order valence-corrected chi connectivity index (χ1v) is 9.15. The zero-order valence-corrected chi connectivity index (χ0v) is 14.8. The molecule has 0 radical (unpaired) electrons. The van der Waals surface area contributed by atoms with Gasteiger partial charge >= 0.3 is 0 Å². The highest BCUT2D eigenvalue weighted by molar-refractivity contribution is 9.10. The molecule has 21 heavy (non-hydrogen) atoms. The van der Waals surface area contributed by atoms with E-state index in [4.69, 9.17) is 0 Å². The van der Waals surface area contributed by atoms with Gasteiger partial charge in [-0.05, 0) is 43.0 Å². The first kappa shape index (κ1) is 15.5. The lowest BCUT2D eigenvalue weighted by Crippen LogP contribution is -2.60. The number of rotatable bonds is 3. The summed E-state index contributed by atoms with van der Waals surface area (Å²) in [4.78, 5) is 5.49. The number of benzene rings is 1. The van der Waals surface area contributed by atoms with E-state index in [9.17, 15) is 0 Å². The number of hydrogen-bond donors (Lipinski definition) is 0. The summed E-state index contributed by atoms with van der Waals surface area (Å²) in [5, 5.41) is 0. The SMILES string of the molecule is CC(C)C1CN2CCCCC2CN1Cc1cccc(Br)c1. The summed E-state index contributed by atoms with van der Waals surface area (Å²) >= 11 is 3.60. The summed E-state index contributed by atoms with van der Waals surface area (Å²) in [7, 11) is 0. The van der Waals surface area contributed by atoms with E-state index in [1.807, 2.05) is 0 Å². The Morgan fingerprint density at radius 3 is 2.86 bits per heavy atom. The first-order valence-electron chi connectivity index (χ1n) is 8.36. The molecule has 2 atom stereocenters. The highest BCUT2D eigenvalue weighted by Gasteiger charge is 2.35. The van der Waals surface area contributed by atoms with E-state index < -0.39 is 0 Å². The van der Waals surface area contributed by atoms with E-state index in [0.29, 0.717) is 6.04 Å². The van der Waals surface area contributed by atoms with Crippen molar-refractivity contribution in [3.05, 3.63) is 34.3 Å². The largest absolute Gasteiger partial charge is 0.298 e. The third-order valence-corrected chi connectivity index (χ3v) is 5.62. The van der Waals surface area contributed by atoms with Crippen LogP contribution in [0.1, 0.15) is 38.7 Å². The first-order chi connectivity index (χ1) is 10.1. The highest BCUT2D eigenvalue weighted by atomic mass is 79.9. The fourth-order valence-corrected chi connectivity index (χ4v) is 4.40. The third kappa shape index (κ3) is 3.69. The van der Waals surface area contributed by atoms with Gasteiger partial charge in [-0.15, -0.1) is 0 Å². The average Bonchev–Trinajstić information content (AvgIpc) is 2.46. The molecule has 0 spiro atoms. The van der Waals surface area contributed by atoms with Crippen LogP contribution in [0, 0.1) is 5.92 Å². The van der Waals surface area contributed by atoms with Crippen LogP contribution in [0.3, 0.4) is 0 Å². The van der Waals surface area contributed by atoms with Crippen LogP contribution < -0.4 is 0 Å². The van der Waals surface area contributed by atoms with Gasteiger partial charge in [-0.3, -0.25) is 9.80 Å². The maximum atomic E-state index is 3.60. The van der Waals surface area contributed by atoms with Gasteiger partial charge in [-0.2, -0.15) is 0 Å². The molecular formula is C18H27BrN2. The minimum absolute atomic E-state index is 0.693. The summed E-state index contributed by atoms with van der Waals surface area (Å²) < 4.78 is 1.19. The molecule has 0 N–H and O–H groups in total. The molecule has 2 aliphatic rings. The van der Waals surface area contributed by atoms with Crippen molar-refractivity contribution in [3.63, 3.8) is 0 Å². The number of fused-ring (bicyclic) bond motifs is 1. The van der Waals surface area contributed by atoms with Gasteiger partial charge in [0, 0.05) is 36.2 Å². The van der Waals surface area contributed by atoms with Crippen LogP contribution >= 0.6 is 15.9 Å². The lowest BCUT2D eigenvalue weighted by molar-refractivity contribution is -0.0118. The van der Waals surface area contributed by atoms with Gasteiger partial charge in [0.1, 0.15) is 0 Å². The lowest BCUT2D eigenvalue weighted by atomic mass is 9.91. The zero-order valence-electron chi connectivity index (χ0n) is 13.3. The molecule has 2 saturated heterocycles. The Balaban J connectivity index is 1.74. The van der Waals surface area contributed by atoms with Crippen molar-refractivity contribution in [1.82, 2.24) is 9.80 Å². The van der Waals surface area contributed by atoms with E-state index in [0.717, 1.165) is 18.5 Å². The van der Waals surface area contributed by atoms with Gasteiger partial charge in [-0.1, -0.05) is 48.3 Å². The van der Waals surface area contributed by atoms with Crippen molar-refractivity contribution in [1.29, 1.82) is 0 Å². The summed E-state index contributed by atoms with van der Waals surface area (Å²) in [6, 6.07) is 10.3. The van der Waals surface area contributed by atoms with E-state index in [1.54, 1.807) is 0 Å². The van der Waals surface area contributed by atoms with Crippen molar-refractivity contribution in [2.24, 2.45) is 5.92 Å². The van der Waals surface area contributed by atoms with Crippen LogP contribution in [0.5, 0.6) is 0 Å². The van der Waals surface area contributed by atoms with Crippen LogP contribution in [0.25, 0.3) is 0 Å². The maximum absolute atomic E-state index is 3.60. The van der Waals surface area contributed by atoms with Crippen molar-refractivity contribution in [2.45, 2.75) is 51.7 Å². The van der Waals surface area contributed by atoms with Gasteiger partial charge < -0.3 is 0 Å². The minimum atomic E-state index is 0.693. The number of halogens is 1. The van der Waals surface area contributed by atoms with Gasteiger partial charge in [0.05, 0.1) is 0 Å². The predicted octanol–water partition coefficient (Wildman–Crippen LogP) is 4.14. The summed E-state index contributed by atoms with van der Waals surface area (Å²) in [6.45, 7) is 9.67. The fraction of sp³-hybridized carbons (Fsp3) is 0.667. The minimum Gasteiger partial charge on any atom is -0.298 e. The van der Waals surface area contributed by atoms with Crippen molar-refractivity contribution < 1.29 is 0 Å². The molecule has 3 heteroatoms. The Morgan fingerprint density at radius 1 is 1.24 bits per heavy atom. The molecular weight excluding hydrogens is 324 g/mol. The van der Waals surface area contributed by atoms with Gasteiger partial charge in [0.2, 0.25) is 0 Å². The topological polar surface area (TPSA) is 6.48 Å². The third-order valence-electron chi connectivity index (χ3n) is 5.13. The molecule has 2 aliphatic heterocycles. The molecule has 0 amide bonds. The average molecular weight is 351 g/mol. The van der Waals surface area contributed by atoms with Gasteiger partial charge in [0.15, 0.2) is 0 Å². The van der Waals surface area contributed by atoms with Gasteiger partial charge in [-0.25, -0.2) is 0 Å². The lowest BCUT2D eigenvalue weighted by Gasteiger charge is -2.50. The molecule has 0 aliphatic carbocycles. The van der Waals surface area contributed by atoms with E-state index >= 15 is 0 Å². The maximum Gasteiger partial charge on any atom is 0.0250 e. The number of piperidine rings is 1. The predicted molar refractivity (Wildman–Crippen MR) is 92.4 cm³/mol. The van der Waals surface area contributed by atoms with Crippen LogP contribution in [0.4, 0.5) is 0 Å². The van der Waals surface area contributed by atoms with E-state index in [-0.39, 0.29) is 0 Å². The van der Waals surface area contributed by atoms with Crippen molar-refractivity contribution in [2.75, 3.05) is 19.6 Å². The molecule has 3 rings (SSSR count). The highest BCUT2D eigenvalue weighted by Crippen LogP contribution is 2.28. The fourth-order valence-electron chi connectivity index (χ4n) is 3.95. The standard InChI is InChI=1S/C18H27BrN2/c1-14(2)18-13-20-9-4-3-8-17(20)12-21(18)11-15-6-5-7-16(19)10-15/h5-7,10,14,17-18H,3-4,8-9,11-13H2,1-2H3. The smallest absolute Gasteiger partial charge is 0.0250 e. The van der Waals surface area contributed by atoms with Crippen LogP contribution in [0.15, 0.2) is 28.7 Å². The van der Waals surface area contributed by atoms with Crippen LogP contribution in [-0.2, 0) is 6.54 Å². The van der Waals surface area contributed by atoms with Gasteiger partial charge in [0.25, 0.3) is 0 Å². The summed E-state index contributed by atoms with van der Waals surface area (Å²) in [5.41, 5.74) is 1.43. The normalized spacial score (nSPS) is 27.8. The number of piperazine rings is 1. The molecule has 0 saturated carbocycles. The van der Waals surface area contributed by atoms with Crippen molar-refractivity contribution >= 4 is 15.9 Å². The second-order valence-corrected chi connectivity index (χ2v) is 7.93. The van der Waals surface area contributed by atoms with E-state index in [2.05, 4.69) is 63.8 Å².